The highest BCUT2D eigenvalue weighted by molar-refractivity contribution is 5.98. The van der Waals surface area contributed by atoms with Crippen molar-refractivity contribution in [3.05, 3.63) is 35.9 Å². The summed E-state index contributed by atoms with van der Waals surface area (Å²) in [6.45, 7) is 6.66. The predicted octanol–water partition coefficient (Wildman–Crippen LogP) is -4.26. The van der Waals surface area contributed by atoms with E-state index >= 15 is 0 Å². The van der Waals surface area contributed by atoms with Gasteiger partial charge >= 0.3 is 11.9 Å². The Morgan fingerprint density at radius 2 is 0.987 bits per heavy atom. The number of carboxylic acid groups (broad SMARTS) is 2. The Morgan fingerprint density at radius 3 is 1.49 bits per heavy atom. The van der Waals surface area contributed by atoms with Crippen molar-refractivity contribution >= 4 is 71.0 Å². The smallest absolute Gasteiger partial charge is 0.326 e. The minimum absolute atomic E-state index is 0.0582. The van der Waals surface area contributed by atoms with Crippen LogP contribution in [0.3, 0.4) is 0 Å². The van der Waals surface area contributed by atoms with Crippen LogP contribution in [0, 0.1) is 11.8 Å². The summed E-state index contributed by atoms with van der Waals surface area (Å²) in [5.74, 6) is -13.0. The van der Waals surface area contributed by atoms with Crippen molar-refractivity contribution in [2.24, 2.45) is 34.8 Å². The molecule has 0 aromatic heterocycles. The third-order valence-electron chi connectivity index (χ3n) is 12.4. The summed E-state index contributed by atoms with van der Waals surface area (Å²) in [7, 11) is 0. The van der Waals surface area contributed by atoms with Gasteiger partial charge in [0.1, 0.15) is 42.3 Å². The van der Waals surface area contributed by atoms with Crippen molar-refractivity contribution in [2.45, 2.75) is 166 Å². The van der Waals surface area contributed by atoms with Gasteiger partial charge in [-0.1, -0.05) is 64.4 Å². The lowest BCUT2D eigenvalue weighted by Crippen LogP contribution is -2.61. The van der Waals surface area contributed by atoms with Gasteiger partial charge in [0, 0.05) is 12.8 Å². The molecule has 1 aromatic carbocycles. The first-order valence-corrected chi connectivity index (χ1v) is 26.0. The molecular weight excluding hydrogens is 1020 g/mol. The Balaban J connectivity index is 3.21. The second-order valence-electron chi connectivity index (χ2n) is 19.3. The lowest BCUT2D eigenvalue weighted by atomic mass is 9.96. The zero-order chi connectivity index (χ0) is 59.1. The molecule has 0 aliphatic heterocycles. The van der Waals surface area contributed by atoms with Gasteiger partial charge in [-0.3, -0.25) is 52.7 Å². The van der Waals surface area contributed by atoms with E-state index in [2.05, 4.69) is 47.9 Å². The van der Waals surface area contributed by atoms with E-state index in [-0.39, 0.29) is 45.1 Å². The van der Waals surface area contributed by atoms with E-state index < -0.39 is 163 Å². The molecule has 0 radical (unpaired) electrons. The molecule has 0 heterocycles. The lowest BCUT2D eigenvalue weighted by Gasteiger charge is -2.30. The van der Waals surface area contributed by atoms with E-state index in [0.29, 0.717) is 32.2 Å². The molecule has 28 heteroatoms. The minimum atomic E-state index is -1.74. The van der Waals surface area contributed by atoms with Crippen LogP contribution in [0.15, 0.2) is 30.3 Å². The molecule has 1 rings (SSSR count). The third kappa shape index (κ3) is 26.6. The maximum absolute atomic E-state index is 14.0. The topological polar surface area (TPSA) is 478 Å². The number of hydrogen-bond donors (Lipinski definition) is 16. The van der Waals surface area contributed by atoms with Crippen molar-refractivity contribution < 1.29 is 72.9 Å². The fourth-order valence-corrected chi connectivity index (χ4v) is 7.56. The van der Waals surface area contributed by atoms with Gasteiger partial charge in [0.25, 0.3) is 0 Å². The van der Waals surface area contributed by atoms with E-state index in [1.54, 1.807) is 58.0 Å². The Labute approximate surface area is 453 Å². The van der Waals surface area contributed by atoms with Crippen molar-refractivity contribution in [1.82, 2.24) is 47.9 Å². The average molecular weight is 1110 g/mol. The standard InChI is InChI=1S/C50H83N13O15/c1-6-28(4)41(48(75)60-35(50(77)78)17-11-13-23-52)63-46(73)34(19-21-39(68)69)59-47(74)40(27(2)3)62-45(72)32(16-10-12-22-51)58-49(76)42(29(5)64)61-38(67)26-56-44(71)33(18-20-36(54)65)57-37(66)25-55-43(70)31(53)24-30-14-8-7-9-15-30/h7-9,14-15,27-29,31-35,40-42,64H,6,10-13,16-26,51-53H2,1-5H3,(H2,54,65)(H,55,70)(H,56,71)(H,57,66)(H,58,76)(H,59,74)(H,60,75)(H,61,67)(H,62,72)(H,63,73)(H,68,69)(H,77,78)/t28-,29+,31-,32-,33-,34-,35-,40-,41-,42-/m0/s1. The van der Waals surface area contributed by atoms with Crippen LogP contribution in [0.25, 0.3) is 0 Å². The summed E-state index contributed by atoms with van der Waals surface area (Å²) in [5, 5.41) is 51.6. The summed E-state index contributed by atoms with van der Waals surface area (Å²) >= 11 is 0. The quantitative estimate of drug-likeness (QED) is 0.0278. The van der Waals surface area contributed by atoms with Gasteiger partial charge < -0.3 is 86.1 Å². The molecule has 0 spiro atoms. The number of carbonyl (C=O) groups excluding carboxylic acids is 10. The molecule has 78 heavy (non-hydrogen) atoms. The first-order valence-electron chi connectivity index (χ1n) is 26.0. The van der Waals surface area contributed by atoms with E-state index in [4.69, 9.17) is 22.9 Å². The van der Waals surface area contributed by atoms with E-state index in [0.717, 1.165) is 12.5 Å². The maximum Gasteiger partial charge on any atom is 0.326 e. The van der Waals surface area contributed by atoms with Crippen LogP contribution in [0.5, 0.6) is 0 Å². The summed E-state index contributed by atoms with van der Waals surface area (Å²) in [6, 6.07) is -2.37. The number of carboxylic acids is 2. The number of aliphatic carboxylic acids is 2. The van der Waals surface area contributed by atoms with Gasteiger partial charge in [-0.25, -0.2) is 4.79 Å². The highest BCUT2D eigenvalue weighted by Gasteiger charge is 2.36. The second-order valence-corrected chi connectivity index (χ2v) is 19.3. The number of amides is 10. The zero-order valence-electron chi connectivity index (χ0n) is 45.1. The lowest BCUT2D eigenvalue weighted by molar-refractivity contribution is -0.143. The largest absolute Gasteiger partial charge is 0.481 e. The molecule has 0 bridgehead atoms. The van der Waals surface area contributed by atoms with Gasteiger partial charge in [0.2, 0.25) is 59.1 Å². The van der Waals surface area contributed by atoms with Crippen LogP contribution in [0.4, 0.5) is 0 Å². The molecule has 438 valence electrons. The Morgan fingerprint density at radius 1 is 0.526 bits per heavy atom. The van der Waals surface area contributed by atoms with Gasteiger partial charge in [-0.05, 0) is 95.2 Å². The van der Waals surface area contributed by atoms with Crippen molar-refractivity contribution in [3.8, 4) is 0 Å². The summed E-state index contributed by atoms with van der Waals surface area (Å²) in [6.07, 6.45) is -1.34. The summed E-state index contributed by atoms with van der Waals surface area (Å²) in [4.78, 5) is 156. The van der Waals surface area contributed by atoms with Crippen LogP contribution in [-0.2, 0) is 64.0 Å². The molecule has 10 atom stereocenters. The maximum atomic E-state index is 14.0. The zero-order valence-corrected chi connectivity index (χ0v) is 45.1. The van der Waals surface area contributed by atoms with Crippen LogP contribution < -0.4 is 70.8 Å². The normalized spacial score (nSPS) is 14.9. The number of carbonyl (C=O) groups is 12. The molecule has 0 saturated carbocycles. The minimum Gasteiger partial charge on any atom is -0.481 e. The van der Waals surface area contributed by atoms with Gasteiger partial charge in [-0.2, -0.15) is 0 Å². The predicted molar refractivity (Wildman–Crippen MR) is 282 cm³/mol. The summed E-state index contributed by atoms with van der Waals surface area (Å²) < 4.78 is 0. The molecule has 0 aliphatic rings. The number of nitrogens with two attached hydrogens (primary N) is 4. The van der Waals surface area contributed by atoms with Crippen LogP contribution in [0.1, 0.15) is 111 Å². The number of benzene rings is 1. The highest BCUT2D eigenvalue weighted by Crippen LogP contribution is 2.13. The van der Waals surface area contributed by atoms with Crippen molar-refractivity contribution in [3.63, 3.8) is 0 Å². The molecular formula is C50H83N13O15. The molecule has 10 amide bonds. The van der Waals surface area contributed by atoms with Crippen molar-refractivity contribution in [1.29, 1.82) is 0 Å². The van der Waals surface area contributed by atoms with E-state index in [9.17, 15) is 72.9 Å². The molecule has 0 saturated heterocycles. The SMILES string of the molecule is CC[C@H](C)[C@H](NC(=O)[C@H](CCC(=O)O)NC(=O)[C@@H](NC(=O)[C@H](CCCCN)NC(=O)[C@@H](NC(=O)CNC(=O)[C@H](CCC(N)=O)NC(=O)CNC(=O)[C@@H](N)Cc1ccccc1)[C@@H](C)O)C(C)C)C(=O)N[C@@H](CCCCN)C(=O)O. The summed E-state index contributed by atoms with van der Waals surface area (Å²) in [5.41, 5.74) is 23.2. The molecule has 0 unspecified atom stereocenters. The number of unbranched alkanes of at least 4 members (excludes halogenated alkanes) is 2. The first kappa shape index (κ1) is 68.7. The van der Waals surface area contributed by atoms with Crippen LogP contribution >= 0.6 is 0 Å². The number of primary amides is 1. The van der Waals surface area contributed by atoms with Gasteiger partial charge in [0.05, 0.1) is 25.2 Å². The van der Waals surface area contributed by atoms with Crippen LogP contribution in [0.2, 0.25) is 0 Å². The number of rotatable bonds is 39. The number of aliphatic hydroxyl groups is 1. The van der Waals surface area contributed by atoms with Crippen molar-refractivity contribution in [2.75, 3.05) is 26.2 Å². The Bertz CT molecular complexity index is 2170. The monoisotopic (exact) mass is 1110 g/mol. The van der Waals surface area contributed by atoms with Crippen LogP contribution in [-0.4, -0.2) is 167 Å². The number of nitrogens with one attached hydrogen (secondary N) is 9. The fraction of sp³-hybridized carbons (Fsp3) is 0.640. The third-order valence-corrected chi connectivity index (χ3v) is 12.4. The molecule has 28 nitrogen and oxygen atoms in total. The molecule has 0 fully saturated rings. The number of hydrogen-bond acceptors (Lipinski definition) is 16. The number of aliphatic hydroxyl groups excluding tert-OH is 1. The first-order chi connectivity index (χ1) is 36.8. The average Bonchev–Trinajstić information content (AvgIpc) is 3.38. The Kier molecular flexibility index (Phi) is 32.3. The molecule has 20 N–H and O–H groups in total. The molecule has 1 aromatic rings. The Hall–Kier alpha value is -7.30. The molecule has 0 aliphatic carbocycles. The van der Waals surface area contributed by atoms with E-state index in [1.807, 2.05) is 0 Å². The fourth-order valence-electron chi connectivity index (χ4n) is 7.56. The highest BCUT2D eigenvalue weighted by atomic mass is 16.4. The second kappa shape index (κ2) is 36.7. The van der Waals surface area contributed by atoms with Gasteiger partial charge in [-0.15, -0.1) is 0 Å². The van der Waals surface area contributed by atoms with Gasteiger partial charge in [0.15, 0.2) is 0 Å². The van der Waals surface area contributed by atoms with E-state index in [1.165, 1.54) is 0 Å².